The maximum Gasteiger partial charge on any atom is 0.417 e. The third-order valence-electron chi connectivity index (χ3n) is 6.80. The lowest BCUT2D eigenvalue weighted by atomic mass is 9.65. The van der Waals surface area contributed by atoms with Crippen molar-refractivity contribution >= 4 is 17.3 Å². The van der Waals surface area contributed by atoms with E-state index in [4.69, 9.17) is 19.6 Å². The van der Waals surface area contributed by atoms with Gasteiger partial charge in [0.1, 0.15) is 18.9 Å². The van der Waals surface area contributed by atoms with Crippen LogP contribution in [-0.2, 0) is 25.3 Å². The van der Waals surface area contributed by atoms with Crippen LogP contribution in [0.1, 0.15) is 30.9 Å². The second kappa shape index (κ2) is 5.95. The van der Waals surface area contributed by atoms with Gasteiger partial charge >= 0.3 is 6.18 Å². The number of alkyl halides is 3. The van der Waals surface area contributed by atoms with Crippen molar-refractivity contribution in [2.75, 3.05) is 18.6 Å². The Bertz CT molecular complexity index is 1020. The minimum Gasteiger partial charge on any atom is -0.399 e. The Morgan fingerprint density at radius 1 is 1.40 bits per heavy atom. The summed E-state index contributed by atoms with van der Waals surface area (Å²) in [5, 5.41) is 13.1. The summed E-state index contributed by atoms with van der Waals surface area (Å²) in [4.78, 5) is 19.7. The fourth-order valence-electron chi connectivity index (χ4n) is 5.66. The highest BCUT2D eigenvalue weighted by Crippen LogP contribution is 2.64. The second-order valence-corrected chi connectivity index (χ2v) is 8.23. The number of nitrogens with zero attached hydrogens (tertiary/aromatic N) is 3. The van der Waals surface area contributed by atoms with Gasteiger partial charge in [0.05, 0.1) is 41.0 Å². The standard InChI is InChI=1S/C20H18F3N3O4/c1-18-13(25-28-2)8-19(30-18)5-6-29-17-15(19)14(18)16(27)26(17)11-4-3-10(9-24)12(7-11)20(21,22)23/h3-4,7,14-15,17H,5-6,8H2,1-2H3/b25-13-/t14-,15+,17+,18-,19+/m1/s1. The Morgan fingerprint density at radius 3 is 2.83 bits per heavy atom. The van der Waals surface area contributed by atoms with Gasteiger partial charge in [-0.15, -0.1) is 0 Å². The van der Waals surface area contributed by atoms with E-state index in [1.807, 2.05) is 0 Å². The number of halogens is 3. The molecule has 0 saturated carbocycles. The molecule has 158 valence electrons. The number of hydrogen-bond donors (Lipinski definition) is 0. The van der Waals surface area contributed by atoms with Crippen LogP contribution >= 0.6 is 0 Å². The third kappa shape index (κ3) is 2.27. The lowest BCUT2D eigenvalue weighted by molar-refractivity contribution is -0.140. The maximum atomic E-state index is 13.5. The van der Waals surface area contributed by atoms with Crippen LogP contribution in [0, 0.1) is 23.2 Å². The van der Waals surface area contributed by atoms with Crippen molar-refractivity contribution in [3.8, 4) is 6.07 Å². The number of benzene rings is 1. The fourth-order valence-corrected chi connectivity index (χ4v) is 5.66. The van der Waals surface area contributed by atoms with Crippen LogP contribution in [0.4, 0.5) is 18.9 Å². The number of anilines is 1. The molecule has 5 rings (SSSR count). The average Bonchev–Trinajstić information content (AvgIpc) is 3.25. The molecule has 1 amide bonds. The van der Waals surface area contributed by atoms with Crippen LogP contribution in [-0.4, -0.2) is 42.8 Å². The monoisotopic (exact) mass is 421 g/mol. The molecule has 4 aliphatic heterocycles. The van der Waals surface area contributed by atoms with Gasteiger partial charge in [-0.05, 0) is 25.1 Å². The van der Waals surface area contributed by atoms with E-state index in [0.717, 1.165) is 12.1 Å². The summed E-state index contributed by atoms with van der Waals surface area (Å²) in [6.45, 7) is 2.08. The molecule has 0 radical (unpaired) electrons. The minimum atomic E-state index is -4.72. The summed E-state index contributed by atoms with van der Waals surface area (Å²) in [6, 6.07) is 4.84. The summed E-state index contributed by atoms with van der Waals surface area (Å²) in [6.07, 6.45) is -4.41. The van der Waals surface area contributed by atoms with Crippen molar-refractivity contribution in [1.29, 1.82) is 5.26 Å². The van der Waals surface area contributed by atoms with E-state index in [1.165, 1.54) is 18.1 Å². The number of hydrogen-bond acceptors (Lipinski definition) is 6. The predicted octanol–water partition coefficient (Wildman–Crippen LogP) is 2.84. The normalized spacial score (nSPS) is 38.1. The van der Waals surface area contributed by atoms with Crippen molar-refractivity contribution in [2.45, 2.75) is 43.4 Å². The summed E-state index contributed by atoms with van der Waals surface area (Å²) in [7, 11) is 1.42. The minimum absolute atomic E-state index is 0.0519. The smallest absolute Gasteiger partial charge is 0.399 e. The number of nitriles is 1. The highest BCUT2D eigenvalue weighted by atomic mass is 19.4. The molecule has 2 bridgehead atoms. The molecular formula is C20H18F3N3O4. The Labute approximate surface area is 170 Å². The summed E-state index contributed by atoms with van der Waals surface area (Å²) in [5.74, 6) is -1.35. The topological polar surface area (TPSA) is 84.2 Å². The molecule has 1 aromatic rings. The molecule has 4 aliphatic rings. The zero-order chi connectivity index (χ0) is 21.5. The van der Waals surface area contributed by atoms with Crippen LogP contribution in [0.3, 0.4) is 0 Å². The molecule has 10 heteroatoms. The van der Waals surface area contributed by atoms with Gasteiger partial charge in [0, 0.05) is 24.4 Å². The molecule has 7 nitrogen and oxygen atoms in total. The number of rotatable bonds is 2. The largest absolute Gasteiger partial charge is 0.417 e. The molecule has 5 atom stereocenters. The van der Waals surface area contributed by atoms with Gasteiger partial charge < -0.3 is 14.3 Å². The van der Waals surface area contributed by atoms with E-state index < -0.39 is 40.7 Å². The Kier molecular flexibility index (Phi) is 3.84. The van der Waals surface area contributed by atoms with E-state index >= 15 is 0 Å². The molecule has 4 heterocycles. The van der Waals surface area contributed by atoms with E-state index in [-0.39, 0.29) is 17.5 Å². The molecule has 0 aliphatic carbocycles. The van der Waals surface area contributed by atoms with Crippen molar-refractivity contribution in [3.05, 3.63) is 29.3 Å². The molecule has 1 spiro atoms. The van der Waals surface area contributed by atoms with E-state index in [2.05, 4.69) is 5.16 Å². The first kappa shape index (κ1) is 19.3. The average molecular weight is 421 g/mol. The maximum absolute atomic E-state index is 13.5. The van der Waals surface area contributed by atoms with Crippen molar-refractivity contribution in [1.82, 2.24) is 0 Å². The number of ether oxygens (including phenoxy) is 2. The van der Waals surface area contributed by atoms with Gasteiger partial charge in [0.25, 0.3) is 0 Å². The number of carbonyl (C=O) groups excluding carboxylic acids is 1. The summed E-state index contributed by atoms with van der Waals surface area (Å²) >= 11 is 0. The number of carbonyl (C=O) groups is 1. The number of oxime groups is 1. The first-order chi connectivity index (χ1) is 14.2. The lowest BCUT2D eigenvalue weighted by Crippen LogP contribution is -2.52. The van der Waals surface area contributed by atoms with Gasteiger partial charge in [0.15, 0.2) is 0 Å². The van der Waals surface area contributed by atoms with Crippen LogP contribution in [0.25, 0.3) is 0 Å². The fraction of sp³-hybridized carbons (Fsp3) is 0.550. The number of fused-ring (bicyclic) bond motifs is 2. The van der Waals surface area contributed by atoms with E-state index in [1.54, 1.807) is 13.0 Å². The van der Waals surface area contributed by atoms with Crippen LogP contribution in [0.2, 0.25) is 0 Å². The van der Waals surface area contributed by atoms with Crippen LogP contribution in [0.15, 0.2) is 23.4 Å². The van der Waals surface area contributed by atoms with E-state index in [0.29, 0.717) is 25.2 Å². The second-order valence-electron chi connectivity index (χ2n) is 8.23. The molecule has 1 aromatic carbocycles. The highest BCUT2D eigenvalue weighted by Gasteiger charge is 2.77. The summed E-state index contributed by atoms with van der Waals surface area (Å²) in [5.41, 5.74) is -2.57. The predicted molar refractivity (Wildman–Crippen MR) is 96.3 cm³/mol. The Hall–Kier alpha value is -2.64. The van der Waals surface area contributed by atoms with Gasteiger partial charge in [-0.2, -0.15) is 18.4 Å². The third-order valence-corrected chi connectivity index (χ3v) is 6.80. The van der Waals surface area contributed by atoms with Crippen molar-refractivity contribution in [3.63, 3.8) is 0 Å². The molecule has 30 heavy (non-hydrogen) atoms. The molecule has 4 fully saturated rings. The van der Waals surface area contributed by atoms with Crippen LogP contribution < -0.4 is 4.90 Å². The first-order valence-electron chi connectivity index (χ1n) is 9.53. The molecule has 4 saturated heterocycles. The summed E-state index contributed by atoms with van der Waals surface area (Å²) < 4.78 is 52.7. The molecule has 0 N–H and O–H groups in total. The van der Waals surface area contributed by atoms with Gasteiger partial charge in [-0.1, -0.05) is 5.16 Å². The molecular weight excluding hydrogens is 403 g/mol. The Morgan fingerprint density at radius 2 is 2.17 bits per heavy atom. The SMILES string of the molecule is CO/N=C1/C[C@@]23CCO[C@H]4[C@@H]2[C@H](C(=O)N4c2ccc(C#N)c(C(F)(F)F)c2)[C@]1(C)O3. The molecule has 0 unspecified atom stereocenters. The Balaban J connectivity index is 1.62. The van der Waals surface area contributed by atoms with Gasteiger partial charge in [-0.3, -0.25) is 9.69 Å². The zero-order valence-corrected chi connectivity index (χ0v) is 16.2. The lowest BCUT2D eigenvalue weighted by Gasteiger charge is -2.41. The van der Waals surface area contributed by atoms with Crippen molar-refractivity contribution in [2.24, 2.45) is 17.0 Å². The number of amides is 1. The van der Waals surface area contributed by atoms with Gasteiger partial charge in [-0.25, -0.2) is 0 Å². The highest BCUT2D eigenvalue weighted by molar-refractivity contribution is 6.08. The quantitative estimate of drug-likeness (QED) is 0.686. The van der Waals surface area contributed by atoms with Gasteiger partial charge in [0.2, 0.25) is 5.91 Å². The van der Waals surface area contributed by atoms with E-state index in [9.17, 15) is 18.0 Å². The molecule has 0 aromatic heterocycles. The first-order valence-corrected chi connectivity index (χ1v) is 9.53. The van der Waals surface area contributed by atoms with Crippen molar-refractivity contribution < 1.29 is 32.3 Å². The zero-order valence-electron chi connectivity index (χ0n) is 16.2. The van der Waals surface area contributed by atoms with Crippen LogP contribution in [0.5, 0.6) is 0 Å².